The van der Waals surface area contributed by atoms with Gasteiger partial charge in [0, 0.05) is 6.54 Å². The molecule has 21 heavy (non-hydrogen) atoms. The van der Waals surface area contributed by atoms with Crippen molar-refractivity contribution < 1.29 is 13.9 Å². The highest BCUT2D eigenvalue weighted by Gasteiger charge is 2.07. The van der Waals surface area contributed by atoms with Crippen molar-refractivity contribution >= 4 is 5.95 Å². The van der Waals surface area contributed by atoms with E-state index in [9.17, 15) is 4.39 Å². The number of anilines is 1. The zero-order chi connectivity index (χ0) is 15.4. The number of aromatic nitrogens is 2. The molecule has 0 spiro atoms. The lowest BCUT2D eigenvalue weighted by atomic mass is 10.1. The summed E-state index contributed by atoms with van der Waals surface area (Å²) in [7, 11) is 3.05. The first-order valence-corrected chi connectivity index (χ1v) is 6.50. The molecule has 0 saturated carbocycles. The van der Waals surface area contributed by atoms with Gasteiger partial charge in [0.25, 0.3) is 0 Å². The van der Waals surface area contributed by atoms with Crippen LogP contribution < -0.4 is 14.8 Å². The summed E-state index contributed by atoms with van der Waals surface area (Å²) >= 11 is 0. The second-order valence-corrected chi connectivity index (χ2v) is 4.67. The standard InChI is InChI=1S/C15H18FN3O2/c1-9-5-11(6-10(2)14(9)16)8-17-15-18-12(20-3)7-13(19-15)21-4/h5-7H,8H2,1-4H3,(H,17,18,19). The fraction of sp³-hybridized carbons (Fsp3) is 0.333. The third-order valence-electron chi connectivity index (χ3n) is 3.04. The second kappa shape index (κ2) is 6.39. The van der Waals surface area contributed by atoms with Crippen LogP contribution in [-0.2, 0) is 6.54 Å². The Morgan fingerprint density at radius 1 is 1.00 bits per heavy atom. The Labute approximate surface area is 123 Å². The first-order chi connectivity index (χ1) is 10.0. The number of benzene rings is 1. The molecule has 0 aliphatic heterocycles. The topological polar surface area (TPSA) is 56.3 Å². The maximum Gasteiger partial charge on any atom is 0.229 e. The van der Waals surface area contributed by atoms with Gasteiger partial charge in [0.15, 0.2) is 0 Å². The number of nitrogens with zero attached hydrogens (tertiary/aromatic N) is 2. The summed E-state index contributed by atoms with van der Waals surface area (Å²) in [5, 5.41) is 3.08. The van der Waals surface area contributed by atoms with E-state index in [1.54, 1.807) is 32.0 Å². The number of rotatable bonds is 5. The quantitative estimate of drug-likeness (QED) is 0.918. The number of hydrogen-bond donors (Lipinski definition) is 1. The molecule has 2 aromatic rings. The normalized spacial score (nSPS) is 10.3. The van der Waals surface area contributed by atoms with Crippen LogP contribution in [0.4, 0.5) is 10.3 Å². The molecule has 0 fully saturated rings. The highest BCUT2D eigenvalue weighted by Crippen LogP contribution is 2.19. The van der Waals surface area contributed by atoms with Gasteiger partial charge in [0.1, 0.15) is 5.82 Å². The molecule has 0 radical (unpaired) electrons. The van der Waals surface area contributed by atoms with Crippen LogP contribution in [0.5, 0.6) is 11.8 Å². The van der Waals surface area contributed by atoms with Crippen LogP contribution in [0.15, 0.2) is 18.2 Å². The van der Waals surface area contributed by atoms with E-state index < -0.39 is 0 Å². The summed E-state index contributed by atoms with van der Waals surface area (Å²) < 4.78 is 23.8. The van der Waals surface area contributed by atoms with E-state index >= 15 is 0 Å². The Morgan fingerprint density at radius 2 is 1.52 bits per heavy atom. The molecule has 6 heteroatoms. The van der Waals surface area contributed by atoms with Crippen molar-refractivity contribution in [2.75, 3.05) is 19.5 Å². The van der Waals surface area contributed by atoms with Gasteiger partial charge < -0.3 is 14.8 Å². The van der Waals surface area contributed by atoms with Gasteiger partial charge in [-0.2, -0.15) is 9.97 Å². The molecule has 112 valence electrons. The van der Waals surface area contributed by atoms with Crippen molar-refractivity contribution in [1.82, 2.24) is 9.97 Å². The van der Waals surface area contributed by atoms with Crippen LogP contribution in [0, 0.1) is 19.7 Å². The molecule has 1 heterocycles. The third-order valence-corrected chi connectivity index (χ3v) is 3.04. The first-order valence-electron chi connectivity index (χ1n) is 6.50. The van der Waals surface area contributed by atoms with E-state index in [1.807, 2.05) is 0 Å². The number of halogens is 1. The molecule has 0 amide bonds. The Bertz CT molecular complexity index is 602. The van der Waals surface area contributed by atoms with E-state index in [0.29, 0.717) is 35.4 Å². The Kier molecular flexibility index (Phi) is 4.57. The lowest BCUT2D eigenvalue weighted by Crippen LogP contribution is -2.06. The summed E-state index contributed by atoms with van der Waals surface area (Å²) in [6, 6.07) is 5.19. The fourth-order valence-electron chi connectivity index (χ4n) is 2.01. The fourth-order valence-corrected chi connectivity index (χ4v) is 2.01. The van der Waals surface area contributed by atoms with E-state index in [4.69, 9.17) is 9.47 Å². The Hall–Kier alpha value is -2.37. The van der Waals surface area contributed by atoms with Crippen molar-refractivity contribution in [3.8, 4) is 11.8 Å². The maximum atomic E-state index is 13.6. The smallest absolute Gasteiger partial charge is 0.229 e. The summed E-state index contributed by atoms with van der Waals surface area (Å²) in [6.07, 6.45) is 0. The number of aryl methyl sites for hydroxylation is 2. The van der Waals surface area contributed by atoms with Crippen molar-refractivity contribution in [3.63, 3.8) is 0 Å². The molecule has 0 atom stereocenters. The van der Waals surface area contributed by atoms with E-state index in [2.05, 4.69) is 15.3 Å². The summed E-state index contributed by atoms with van der Waals surface area (Å²) in [6.45, 7) is 3.98. The zero-order valence-electron chi connectivity index (χ0n) is 12.5. The molecule has 2 rings (SSSR count). The molecular weight excluding hydrogens is 273 g/mol. The van der Waals surface area contributed by atoms with Crippen LogP contribution in [0.3, 0.4) is 0 Å². The highest BCUT2D eigenvalue weighted by molar-refractivity contribution is 5.36. The largest absolute Gasteiger partial charge is 0.481 e. The summed E-state index contributed by atoms with van der Waals surface area (Å²) in [5.74, 6) is 1.05. The van der Waals surface area contributed by atoms with Crippen LogP contribution in [0.2, 0.25) is 0 Å². The molecule has 1 aromatic carbocycles. The van der Waals surface area contributed by atoms with Gasteiger partial charge in [-0.3, -0.25) is 0 Å². The first kappa shape index (κ1) is 15.0. The minimum absolute atomic E-state index is 0.168. The molecule has 1 aromatic heterocycles. The molecule has 0 aliphatic rings. The number of methoxy groups -OCH3 is 2. The molecular formula is C15H18FN3O2. The zero-order valence-corrected chi connectivity index (χ0v) is 12.5. The number of nitrogens with one attached hydrogen (secondary N) is 1. The van der Waals surface area contributed by atoms with Crippen LogP contribution in [0.25, 0.3) is 0 Å². The van der Waals surface area contributed by atoms with Gasteiger partial charge >= 0.3 is 0 Å². The van der Waals surface area contributed by atoms with Gasteiger partial charge in [-0.05, 0) is 30.5 Å². The molecule has 0 saturated heterocycles. The Balaban J connectivity index is 2.16. The van der Waals surface area contributed by atoms with Gasteiger partial charge in [0.05, 0.1) is 20.3 Å². The highest BCUT2D eigenvalue weighted by atomic mass is 19.1. The lowest BCUT2D eigenvalue weighted by molar-refractivity contribution is 0.373. The van der Waals surface area contributed by atoms with Crippen LogP contribution in [0.1, 0.15) is 16.7 Å². The van der Waals surface area contributed by atoms with Crippen molar-refractivity contribution in [2.24, 2.45) is 0 Å². The van der Waals surface area contributed by atoms with Crippen molar-refractivity contribution in [3.05, 3.63) is 40.7 Å². The van der Waals surface area contributed by atoms with Gasteiger partial charge in [-0.15, -0.1) is 0 Å². The monoisotopic (exact) mass is 291 g/mol. The van der Waals surface area contributed by atoms with Crippen LogP contribution in [-0.4, -0.2) is 24.2 Å². The molecule has 0 unspecified atom stereocenters. The minimum Gasteiger partial charge on any atom is -0.481 e. The van der Waals surface area contributed by atoms with Gasteiger partial charge in [-0.25, -0.2) is 4.39 Å². The Morgan fingerprint density at radius 3 is 2.00 bits per heavy atom. The average molecular weight is 291 g/mol. The average Bonchev–Trinajstić information content (AvgIpc) is 2.49. The summed E-state index contributed by atoms with van der Waals surface area (Å²) in [5.41, 5.74) is 2.20. The minimum atomic E-state index is -0.168. The second-order valence-electron chi connectivity index (χ2n) is 4.67. The van der Waals surface area contributed by atoms with Gasteiger partial charge in [0.2, 0.25) is 17.7 Å². The molecule has 1 N–H and O–H groups in total. The number of ether oxygens (including phenoxy) is 2. The van der Waals surface area contributed by atoms with E-state index in [0.717, 1.165) is 5.56 Å². The predicted octanol–water partition coefficient (Wildman–Crippen LogP) is 2.86. The summed E-state index contributed by atoms with van der Waals surface area (Å²) in [4.78, 5) is 8.36. The van der Waals surface area contributed by atoms with Crippen molar-refractivity contribution in [1.29, 1.82) is 0 Å². The maximum absolute atomic E-state index is 13.6. The molecule has 0 bridgehead atoms. The van der Waals surface area contributed by atoms with Gasteiger partial charge in [-0.1, -0.05) is 12.1 Å². The van der Waals surface area contributed by atoms with E-state index in [-0.39, 0.29) is 5.82 Å². The lowest BCUT2D eigenvalue weighted by Gasteiger charge is -2.10. The van der Waals surface area contributed by atoms with E-state index in [1.165, 1.54) is 14.2 Å². The SMILES string of the molecule is COc1cc(OC)nc(NCc2cc(C)c(F)c(C)c2)n1. The molecule has 0 aliphatic carbocycles. The molecule has 5 nitrogen and oxygen atoms in total. The van der Waals surface area contributed by atoms with Crippen LogP contribution >= 0.6 is 0 Å². The number of hydrogen-bond acceptors (Lipinski definition) is 5. The van der Waals surface area contributed by atoms with Crippen molar-refractivity contribution in [2.45, 2.75) is 20.4 Å². The predicted molar refractivity (Wildman–Crippen MR) is 78.3 cm³/mol. The third kappa shape index (κ3) is 3.59.